The Morgan fingerprint density at radius 3 is 2.72 bits per heavy atom. The van der Waals surface area contributed by atoms with Crippen LogP contribution in [0.15, 0.2) is 71.2 Å². The van der Waals surface area contributed by atoms with Crippen LogP contribution < -0.4 is 15.5 Å². The average Bonchev–Trinajstić information content (AvgIpc) is 3.88. The number of aryl methyl sites for hydroxylation is 1. The van der Waals surface area contributed by atoms with Gasteiger partial charge in [-0.05, 0) is 61.2 Å². The third-order valence-corrected chi connectivity index (χ3v) is 10.5. The predicted octanol–water partition coefficient (Wildman–Crippen LogP) is 5.62. The number of hydrogen-bond acceptors (Lipinski definition) is 8. The van der Waals surface area contributed by atoms with Crippen LogP contribution in [0.25, 0.3) is 5.57 Å². The fourth-order valence-corrected chi connectivity index (χ4v) is 7.82. The summed E-state index contributed by atoms with van der Waals surface area (Å²) in [7, 11) is 0. The van der Waals surface area contributed by atoms with E-state index in [1.807, 2.05) is 28.8 Å². The highest BCUT2D eigenvalue weighted by Gasteiger charge is 2.53. The van der Waals surface area contributed by atoms with Crippen LogP contribution in [-0.2, 0) is 17.8 Å². The Balaban J connectivity index is 1.13. The van der Waals surface area contributed by atoms with E-state index >= 15 is 4.39 Å². The van der Waals surface area contributed by atoms with Gasteiger partial charge in [-0.15, -0.1) is 11.3 Å². The number of fused-ring (bicyclic) bond motifs is 2. The number of rotatable bonds is 9. The number of nitrogens with one attached hydrogen (secondary N) is 3. The number of carbonyl (C=O) groups is 1. The Labute approximate surface area is 275 Å². The molecule has 3 N–H and O–H groups in total. The van der Waals surface area contributed by atoms with E-state index in [1.54, 1.807) is 24.8 Å². The van der Waals surface area contributed by atoms with Gasteiger partial charge in [-0.2, -0.15) is 0 Å². The average molecular weight is 663 g/mol. The number of halogens is 3. The summed E-state index contributed by atoms with van der Waals surface area (Å²) in [6.07, 6.45) is 4.86. The van der Waals surface area contributed by atoms with Crippen LogP contribution in [0.4, 0.5) is 24.0 Å². The molecule has 9 nitrogen and oxygen atoms in total. The summed E-state index contributed by atoms with van der Waals surface area (Å²) >= 11 is 1.27. The molecule has 47 heavy (non-hydrogen) atoms. The summed E-state index contributed by atoms with van der Waals surface area (Å²) in [4.78, 5) is 26.3. The minimum atomic E-state index is -2.86. The normalized spacial score (nSPS) is 24.3. The van der Waals surface area contributed by atoms with Crippen LogP contribution in [0.2, 0.25) is 0 Å². The molecule has 1 aliphatic carbocycles. The number of thiazole rings is 1. The minimum Gasteiger partial charge on any atom is -0.374 e. The van der Waals surface area contributed by atoms with E-state index in [1.165, 1.54) is 23.6 Å². The van der Waals surface area contributed by atoms with Gasteiger partial charge in [0, 0.05) is 72.4 Å². The Bertz CT molecular complexity index is 1780. The van der Waals surface area contributed by atoms with E-state index in [0.717, 1.165) is 43.9 Å². The topological polar surface area (TPSA) is 102 Å². The highest BCUT2D eigenvalue weighted by molar-refractivity contribution is 7.13. The molecular formula is C34H37F3N8OS. The second kappa shape index (κ2) is 12.4. The fraction of sp³-hybridized carbons (Fsp3) is 0.412. The van der Waals surface area contributed by atoms with Gasteiger partial charge < -0.3 is 14.8 Å². The smallest absolute Gasteiger partial charge is 0.264 e. The van der Waals surface area contributed by atoms with Gasteiger partial charge in [-0.1, -0.05) is 19.1 Å². The number of imidazole rings is 1. The first kappa shape index (κ1) is 31.4. The van der Waals surface area contributed by atoms with E-state index in [-0.39, 0.29) is 22.8 Å². The number of likely N-dealkylation sites (tertiary alicyclic amines) is 1. The van der Waals surface area contributed by atoms with Crippen LogP contribution >= 0.6 is 11.3 Å². The molecule has 0 saturated carbocycles. The third-order valence-electron chi connectivity index (χ3n) is 9.86. The molecule has 3 atom stereocenters. The zero-order valence-corrected chi connectivity index (χ0v) is 27.1. The lowest BCUT2D eigenvalue weighted by molar-refractivity contribution is -0.118. The molecule has 5 heterocycles. The van der Waals surface area contributed by atoms with Gasteiger partial charge in [-0.3, -0.25) is 20.4 Å². The number of benzene rings is 1. The van der Waals surface area contributed by atoms with Gasteiger partial charge in [0.15, 0.2) is 11.2 Å². The molecule has 246 valence electrons. The number of hydrogen-bond donors (Lipinski definition) is 3. The maximum Gasteiger partial charge on any atom is 0.264 e. The first-order valence-corrected chi connectivity index (χ1v) is 16.8. The SMILES string of the molecule is CCN1CC2CN(c3ccc(C4=C(C)C(=N)/C(=C\NC(C(=O)Nc5nccs5)c5ncn6c5CCC6)C(C(F)F)=C4)cc3)CC2(F)C1. The molecule has 7 rings (SSSR count). The van der Waals surface area contributed by atoms with E-state index < -0.39 is 24.0 Å². The molecule has 0 radical (unpaired) electrons. The van der Waals surface area contributed by atoms with Crippen molar-refractivity contribution >= 4 is 39.3 Å². The molecule has 2 aromatic heterocycles. The minimum absolute atomic E-state index is 0.0127. The van der Waals surface area contributed by atoms with Crippen molar-refractivity contribution in [3.63, 3.8) is 0 Å². The summed E-state index contributed by atoms with van der Waals surface area (Å²) < 4.78 is 46.9. The molecule has 2 saturated heterocycles. The van der Waals surface area contributed by atoms with E-state index in [4.69, 9.17) is 5.41 Å². The first-order chi connectivity index (χ1) is 22.6. The summed E-state index contributed by atoms with van der Waals surface area (Å²) in [5, 5.41) is 16.9. The van der Waals surface area contributed by atoms with Gasteiger partial charge in [-0.25, -0.2) is 23.1 Å². The second-order valence-electron chi connectivity index (χ2n) is 12.7. The van der Waals surface area contributed by atoms with Gasteiger partial charge in [0.05, 0.1) is 24.3 Å². The third kappa shape index (κ3) is 5.80. The highest BCUT2D eigenvalue weighted by atomic mass is 32.1. The molecule has 3 unspecified atom stereocenters. The predicted molar refractivity (Wildman–Crippen MR) is 178 cm³/mol. The quantitative estimate of drug-likeness (QED) is 0.275. The number of amides is 1. The van der Waals surface area contributed by atoms with Gasteiger partial charge >= 0.3 is 0 Å². The van der Waals surface area contributed by atoms with Crippen LogP contribution in [0.1, 0.15) is 43.3 Å². The summed E-state index contributed by atoms with van der Waals surface area (Å²) in [6, 6.07) is 6.52. The lowest BCUT2D eigenvalue weighted by Crippen LogP contribution is -2.36. The molecule has 0 spiro atoms. The van der Waals surface area contributed by atoms with Crippen LogP contribution in [0.5, 0.6) is 0 Å². The number of carbonyl (C=O) groups excluding carboxylic acids is 1. The molecular weight excluding hydrogens is 625 g/mol. The van der Waals surface area contributed by atoms with Crippen molar-refractivity contribution < 1.29 is 18.0 Å². The molecule has 2 fully saturated rings. The van der Waals surface area contributed by atoms with Crippen molar-refractivity contribution in [3.8, 4) is 0 Å². The summed E-state index contributed by atoms with van der Waals surface area (Å²) in [5.41, 5.74) is 2.50. The zero-order chi connectivity index (χ0) is 32.9. The van der Waals surface area contributed by atoms with Crippen molar-refractivity contribution in [2.75, 3.05) is 42.9 Å². The lowest BCUT2D eigenvalue weighted by Gasteiger charge is -2.25. The summed E-state index contributed by atoms with van der Waals surface area (Å²) in [6.45, 7) is 7.61. The monoisotopic (exact) mass is 662 g/mol. The second-order valence-corrected chi connectivity index (χ2v) is 13.6. The molecule has 3 aromatic rings. The highest BCUT2D eigenvalue weighted by Crippen LogP contribution is 2.41. The van der Waals surface area contributed by atoms with Gasteiger partial charge in [0.2, 0.25) is 0 Å². The molecule has 3 aliphatic heterocycles. The van der Waals surface area contributed by atoms with Gasteiger partial charge in [0.1, 0.15) is 5.67 Å². The van der Waals surface area contributed by atoms with E-state index in [2.05, 4.69) is 37.3 Å². The van der Waals surface area contributed by atoms with Crippen LogP contribution in [0, 0.1) is 11.3 Å². The summed E-state index contributed by atoms with van der Waals surface area (Å²) in [5.74, 6) is -0.458. The Kier molecular flexibility index (Phi) is 8.29. The van der Waals surface area contributed by atoms with Crippen molar-refractivity contribution in [2.45, 2.75) is 51.4 Å². The fourth-order valence-electron chi connectivity index (χ4n) is 7.29. The molecule has 1 amide bonds. The zero-order valence-electron chi connectivity index (χ0n) is 26.3. The Morgan fingerprint density at radius 2 is 2.02 bits per heavy atom. The van der Waals surface area contributed by atoms with Crippen LogP contribution in [-0.4, -0.2) is 75.9 Å². The number of aromatic nitrogens is 3. The first-order valence-electron chi connectivity index (χ1n) is 15.9. The van der Waals surface area contributed by atoms with E-state index in [0.29, 0.717) is 47.2 Å². The maximum absolute atomic E-state index is 15.6. The maximum atomic E-state index is 15.6. The number of alkyl halides is 3. The molecule has 1 aromatic carbocycles. The number of anilines is 2. The molecule has 0 bridgehead atoms. The lowest BCUT2D eigenvalue weighted by atomic mass is 9.84. The van der Waals surface area contributed by atoms with Crippen LogP contribution in [0.3, 0.4) is 0 Å². The van der Waals surface area contributed by atoms with Gasteiger partial charge in [0.25, 0.3) is 12.3 Å². The number of allylic oxidation sites excluding steroid dienone is 5. The Morgan fingerprint density at radius 1 is 1.21 bits per heavy atom. The molecule has 13 heteroatoms. The largest absolute Gasteiger partial charge is 0.374 e. The number of nitrogens with zero attached hydrogens (tertiary/aromatic N) is 5. The van der Waals surface area contributed by atoms with Crippen molar-refractivity contribution in [1.82, 2.24) is 24.8 Å². The van der Waals surface area contributed by atoms with Crippen molar-refractivity contribution in [3.05, 3.63) is 88.1 Å². The molecule has 4 aliphatic rings. The van der Waals surface area contributed by atoms with Crippen molar-refractivity contribution in [1.29, 1.82) is 5.41 Å². The Hall–Kier alpha value is -4.23. The standard InChI is InChI=1S/C34H37F3N8OS/c1-3-43-15-22-16-45(18-34(22,37)17-43)23-8-6-21(7-9-23)24-13-25(31(35)36)26(28(38)20(24)2)14-40-30(32(46)42-33-39-10-12-47-33)29-27-5-4-11-44(27)19-41-29/h6-10,12-14,19,22,30-31,38,40H,3-5,11,15-18H2,1-2H3,(H,39,42,46)/b26-14-,38-28?. The van der Waals surface area contributed by atoms with Crippen molar-refractivity contribution in [2.24, 2.45) is 5.92 Å². The van der Waals surface area contributed by atoms with E-state index in [9.17, 15) is 13.6 Å².